The molecule has 4 nitrogen and oxygen atoms in total. The summed E-state index contributed by atoms with van der Waals surface area (Å²) in [6.07, 6.45) is 2.96. The van der Waals surface area contributed by atoms with Crippen LogP contribution in [0.1, 0.15) is 26.2 Å². The number of amides is 1. The van der Waals surface area contributed by atoms with Gasteiger partial charge in [0.15, 0.2) is 0 Å². The molecular weight excluding hydrogens is 202 g/mol. The van der Waals surface area contributed by atoms with Crippen LogP contribution < -0.4 is 5.32 Å². The second kappa shape index (κ2) is 6.86. The van der Waals surface area contributed by atoms with Gasteiger partial charge in [-0.1, -0.05) is 6.92 Å². The smallest absolute Gasteiger partial charge is 0.223 e. The lowest BCUT2D eigenvalue weighted by molar-refractivity contribution is -0.132. The minimum atomic E-state index is 0.265. The number of hydrogen-bond donors (Lipinski definition) is 1. The van der Waals surface area contributed by atoms with Gasteiger partial charge in [0.05, 0.1) is 0 Å². The van der Waals surface area contributed by atoms with Gasteiger partial charge in [-0.05, 0) is 33.0 Å². The van der Waals surface area contributed by atoms with E-state index in [2.05, 4.69) is 24.2 Å². The van der Waals surface area contributed by atoms with Gasteiger partial charge in [0.25, 0.3) is 0 Å². The van der Waals surface area contributed by atoms with E-state index in [0.29, 0.717) is 12.5 Å². The van der Waals surface area contributed by atoms with Crippen molar-refractivity contribution in [2.24, 2.45) is 0 Å². The molecule has 1 heterocycles. The predicted octanol–water partition coefficient (Wildman–Crippen LogP) is 0.539. The van der Waals surface area contributed by atoms with E-state index < -0.39 is 0 Å². The molecule has 1 unspecified atom stereocenters. The summed E-state index contributed by atoms with van der Waals surface area (Å²) in [6.45, 7) is 5.97. The van der Waals surface area contributed by atoms with Crippen molar-refractivity contribution in [2.75, 3.05) is 40.3 Å². The van der Waals surface area contributed by atoms with E-state index in [1.807, 2.05) is 11.9 Å². The molecule has 1 fully saturated rings. The van der Waals surface area contributed by atoms with Crippen LogP contribution in [0, 0.1) is 0 Å². The van der Waals surface area contributed by atoms with E-state index in [1.165, 1.54) is 6.42 Å². The SMILES string of the molecule is CCNCCC(=O)N(C)C1CCCN(C)C1. The summed E-state index contributed by atoms with van der Waals surface area (Å²) in [4.78, 5) is 16.1. The number of likely N-dealkylation sites (tertiary alicyclic amines) is 1. The number of hydrogen-bond acceptors (Lipinski definition) is 3. The first-order valence-corrected chi connectivity index (χ1v) is 6.30. The Balaban J connectivity index is 2.31. The minimum absolute atomic E-state index is 0.265. The summed E-state index contributed by atoms with van der Waals surface area (Å²) >= 11 is 0. The molecule has 0 radical (unpaired) electrons. The zero-order valence-corrected chi connectivity index (χ0v) is 10.8. The number of carbonyl (C=O) groups excluding carboxylic acids is 1. The maximum absolute atomic E-state index is 11.9. The lowest BCUT2D eigenvalue weighted by atomic mass is 10.0. The lowest BCUT2D eigenvalue weighted by Crippen LogP contribution is -2.47. The number of nitrogens with one attached hydrogen (secondary N) is 1. The first kappa shape index (κ1) is 13.5. The van der Waals surface area contributed by atoms with Crippen LogP contribution in [0.4, 0.5) is 0 Å². The largest absolute Gasteiger partial charge is 0.341 e. The fraction of sp³-hybridized carbons (Fsp3) is 0.917. The van der Waals surface area contributed by atoms with Crippen molar-refractivity contribution in [1.29, 1.82) is 0 Å². The molecule has 4 heteroatoms. The Bertz CT molecular complexity index is 220. The van der Waals surface area contributed by atoms with Gasteiger partial charge in [-0.3, -0.25) is 4.79 Å². The average molecular weight is 227 g/mol. The Labute approximate surface area is 99.0 Å². The highest BCUT2D eigenvalue weighted by molar-refractivity contribution is 5.76. The van der Waals surface area contributed by atoms with E-state index >= 15 is 0 Å². The molecule has 94 valence electrons. The summed E-state index contributed by atoms with van der Waals surface area (Å²) in [7, 11) is 4.07. The second-order valence-electron chi connectivity index (χ2n) is 4.67. The number of likely N-dealkylation sites (N-methyl/N-ethyl adjacent to an activating group) is 2. The van der Waals surface area contributed by atoms with E-state index in [-0.39, 0.29) is 5.91 Å². The number of carbonyl (C=O) groups is 1. The molecule has 0 aliphatic carbocycles. The molecule has 1 saturated heterocycles. The summed E-state index contributed by atoms with van der Waals surface area (Å²) in [5, 5.41) is 3.19. The van der Waals surface area contributed by atoms with E-state index in [4.69, 9.17) is 0 Å². The Hall–Kier alpha value is -0.610. The maximum Gasteiger partial charge on any atom is 0.223 e. The zero-order valence-electron chi connectivity index (χ0n) is 10.8. The van der Waals surface area contributed by atoms with Gasteiger partial charge in [0.2, 0.25) is 5.91 Å². The van der Waals surface area contributed by atoms with Crippen LogP contribution in [-0.4, -0.2) is 62.0 Å². The molecule has 0 aromatic rings. The molecule has 1 aliphatic rings. The van der Waals surface area contributed by atoms with Crippen molar-refractivity contribution >= 4 is 5.91 Å². The standard InChI is InChI=1S/C12H25N3O/c1-4-13-8-7-12(16)15(3)11-6-5-9-14(2)10-11/h11,13H,4-10H2,1-3H3. The van der Waals surface area contributed by atoms with Crippen LogP contribution in [0.15, 0.2) is 0 Å². The van der Waals surface area contributed by atoms with Gasteiger partial charge >= 0.3 is 0 Å². The van der Waals surface area contributed by atoms with Crippen LogP contribution in [0.2, 0.25) is 0 Å². The highest BCUT2D eigenvalue weighted by Crippen LogP contribution is 2.13. The molecule has 0 bridgehead atoms. The Morgan fingerprint density at radius 1 is 1.56 bits per heavy atom. The molecule has 16 heavy (non-hydrogen) atoms. The van der Waals surface area contributed by atoms with Crippen molar-refractivity contribution < 1.29 is 4.79 Å². The number of piperidine rings is 1. The quantitative estimate of drug-likeness (QED) is 0.696. The predicted molar refractivity (Wildman–Crippen MR) is 66.4 cm³/mol. The molecule has 0 aromatic heterocycles. The van der Waals surface area contributed by atoms with E-state index in [9.17, 15) is 4.79 Å². The zero-order chi connectivity index (χ0) is 12.0. The summed E-state index contributed by atoms with van der Waals surface area (Å²) < 4.78 is 0. The Morgan fingerprint density at radius 3 is 2.94 bits per heavy atom. The van der Waals surface area contributed by atoms with Crippen molar-refractivity contribution in [2.45, 2.75) is 32.2 Å². The van der Waals surface area contributed by atoms with Gasteiger partial charge in [-0.2, -0.15) is 0 Å². The Morgan fingerprint density at radius 2 is 2.31 bits per heavy atom. The van der Waals surface area contributed by atoms with Crippen LogP contribution in [0.25, 0.3) is 0 Å². The molecule has 1 N–H and O–H groups in total. The van der Waals surface area contributed by atoms with E-state index in [0.717, 1.165) is 32.6 Å². The molecular formula is C12H25N3O. The van der Waals surface area contributed by atoms with Gasteiger partial charge in [0, 0.05) is 32.6 Å². The molecule has 0 saturated carbocycles. The normalized spacial score (nSPS) is 22.1. The fourth-order valence-electron chi connectivity index (χ4n) is 2.21. The van der Waals surface area contributed by atoms with Gasteiger partial charge in [-0.15, -0.1) is 0 Å². The van der Waals surface area contributed by atoms with Crippen molar-refractivity contribution in [3.05, 3.63) is 0 Å². The van der Waals surface area contributed by atoms with Crippen molar-refractivity contribution in [3.8, 4) is 0 Å². The van der Waals surface area contributed by atoms with Crippen LogP contribution in [0.5, 0.6) is 0 Å². The van der Waals surface area contributed by atoms with Gasteiger partial charge in [0.1, 0.15) is 0 Å². The third-order valence-corrected chi connectivity index (χ3v) is 3.31. The summed E-state index contributed by atoms with van der Waals surface area (Å²) in [6, 6.07) is 0.410. The van der Waals surface area contributed by atoms with Crippen LogP contribution in [0.3, 0.4) is 0 Å². The van der Waals surface area contributed by atoms with Crippen LogP contribution in [-0.2, 0) is 4.79 Å². The van der Waals surface area contributed by atoms with Crippen molar-refractivity contribution in [3.63, 3.8) is 0 Å². The molecule has 1 aliphatic heterocycles. The van der Waals surface area contributed by atoms with Gasteiger partial charge < -0.3 is 15.1 Å². The summed E-state index contributed by atoms with van der Waals surface area (Å²) in [5.74, 6) is 0.265. The lowest BCUT2D eigenvalue weighted by Gasteiger charge is -2.35. The van der Waals surface area contributed by atoms with Gasteiger partial charge in [-0.25, -0.2) is 0 Å². The number of nitrogens with zero attached hydrogens (tertiary/aromatic N) is 2. The molecule has 0 spiro atoms. The first-order chi connectivity index (χ1) is 7.65. The molecule has 1 rings (SSSR count). The van der Waals surface area contributed by atoms with Crippen molar-refractivity contribution in [1.82, 2.24) is 15.1 Å². The number of rotatable bonds is 5. The molecule has 1 atom stereocenters. The first-order valence-electron chi connectivity index (χ1n) is 6.30. The highest BCUT2D eigenvalue weighted by Gasteiger charge is 2.23. The average Bonchev–Trinajstić information content (AvgIpc) is 2.28. The maximum atomic E-state index is 11.9. The topological polar surface area (TPSA) is 35.6 Å². The monoisotopic (exact) mass is 227 g/mol. The fourth-order valence-corrected chi connectivity index (χ4v) is 2.21. The minimum Gasteiger partial charge on any atom is -0.341 e. The molecule has 0 aromatic carbocycles. The van der Waals surface area contributed by atoms with Crippen LogP contribution >= 0.6 is 0 Å². The Kier molecular flexibility index (Phi) is 5.77. The summed E-state index contributed by atoms with van der Waals surface area (Å²) in [5.41, 5.74) is 0. The third-order valence-electron chi connectivity index (χ3n) is 3.31. The molecule has 1 amide bonds. The third kappa shape index (κ3) is 4.10. The highest BCUT2D eigenvalue weighted by atomic mass is 16.2. The van der Waals surface area contributed by atoms with E-state index in [1.54, 1.807) is 0 Å². The second-order valence-corrected chi connectivity index (χ2v) is 4.67.